The first-order chi connectivity index (χ1) is 11.0. The fraction of sp³-hybridized carbons (Fsp3) is 0.222. The van der Waals surface area contributed by atoms with Crippen molar-refractivity contribution in [3.05, 3.63) is 71.8 Å². The number of amides is 1. The van der Waals surface area contributed by atoms with Crippen LogP contribution in [-0.4, -0.2) is 22.7 Å². The van der Waals surface area contributed by atoms with Gasteiger partial charge in [0.2, 0.25) is 0 Å². The van der Waals surface area contributed by atoms with Crippen LogP contribution in [0.25, 0.3) is 0 Å². The Kier molecular flexibility index (Phi) is 5.36. The quantitative estimate of drug-likeness (QED) is 0.859. The predicted molar refractivity (Wildman–Crippen MR) is 85.9 cm³/mol. The molecule has 0 bridgehead atoms. The first kappa shape index (κ1) is 16.5. The van der Waals surface area contributed by atoms with Crippen LogP contribution in [-0.2, 0) is 22.6 Å². The SMILES string of the molecule is C[C@@](Cc1ccccc1)(NC(=O)OCc1ccccc1)C(=O)O. The van der Waals surface area contributed by atoms with Crippen LogP contribution >= 0.6 is 0 Å². The zero-order valence-electron chi connectivity index (χ0n) is 12.9. The number of carboxylic acid groups (broad SMARTS) is 1. The maximum absolute atomic E-state index is 11.9. The van der Waals surface area contributed by atoms with Crippen LogP contribution < -0.4 is 5.32 Å². The van der Waals surface area contributed by atoms with Crippen LogP contribution in [0.15, 0.2) is 60.7 Å². The summed E-state index contributed by atoms with van der Waals surface area (Å²) in [6.07, 6.45) is -0.585. The highest BCUT2D eigenvalue weighted by molar-refractivity contribution is 5.84. The lowest BCUT2D eigenvalue weighted by atomic mass is 9.93. The van der Waals surface area contributed by atoms with Gasteiger partial charge in [0.05, 0.1) is 0 Å². The Labute approximate surface area is 134 Å². The molecule has 2 aromatic rings. The van der Waals surface area contributed by atoms with Gasteiger partial charge < -0.3 is 15.2 Å². The minimum Gasteiger partial charge on any atom is -0.480 e. The van der Waals surface area contributed by atoms with E-state index in [-0.39, 0.29) is 13.0 Å². The Morgan fingerprint density at radius 2 is 1.52 bits per heavy atom. The molecule has 2 aromatic carbocycles. The third-order valence-electron chi connectivity index (χ3n) is 3.46. The Bertz CT molecular complexity index is 657. The molecule has 0 saturated carbocycles. The highest BCUT2D eigenvalue weighted by Gasteiger charge is 2.35. The van der Waals surface area contributed by atoms with E-state index < -0.39 is 17.6 Å². The maximum Gasteiger partial charge on any atom is 0.408 e. The van der Waals surface area contributed by atoms with Gasteiger partial charge in [-0.25, -0.2) is 9.59 Å². The molecule has 0 aliphatic heterocycles. The highest BCUT2D eigenvalue weighted by atomic mass is 16.5. The number of alkyl carbamates (subject to hydrolysis) is 1. The first-order valence-corrected chi connectivity index (χ1v) is 7.26. The summed E-state index contributed by atoms with van der Waals surface area (Å²) in [6, 6.07) is 18.3. The number of aliphatic carboxylic acids is 1. The average molecular weight is 313 g/mol. The van der Waals surface area contributed by atoms with Crippen molar-refractivity contribution in [3.8, 4) is 0 Å². The van der Waals surface area contributed by atoms with Crippen LogP contribution in [0.2, 0.25) is 0 Å². The molecule has 0 spiro atoms. The largest absolute Gasteiger partial charge is 0.480 e. The normalized spacial score (nSPS) is 12.9. The molecule has 0 aromatic heterocycles. The van der Waals surface area contributed by atoms with Crippen molar-refractivity contribution < 1.29 is 19.4 Å². The van der Waals surface area contributed by atoms with E-state index in [2.05, 4.69) is 5.32 Å². The summed E-state index contributed by atoms with van der Waals surface area (Å²) < 4.78 is 5.10. The number of nitrogens with one attached hydrogen (secondary N) is 1. The van der Waals surface area contributed by atoms with Crippen molar-refractivity contribution in [1.29, 1.82) is 0 Å². The molecule has 120 valence electrons. The van der Waals surface area contributed by atoms with Crippen LogP contribution in [0.3, 0.4) is 0 Å². The smallest absolute Gasteiger partial charge is 0.408 e. The number of carbonyl (C=O) groups is 2. The zero-order valence-corrected chi connectivity index (χ0v) is 12.9. The van der Waals surface area contributed by atoms with E-state index >= 15 is 0 Å². The van der Waals surface area contributed by atoms with Gasteiger partial charge in [0, 0.05) is 6.42 Å². The van der Waals surface area contributed by atoms with Gasteiger partial charge >= 0.3 is 12.1 Å². The Morgan fingerprint density at radius 3 is 2.04 bits per heavy atom. The lowest BCUT2D eigenvalue weighted by Crippen LogP contribution is -2.53. The van der Waals surface area contributed by atoms with Gasteiger partial charge in [-0.2, -0.15) is 0 Å². The molecule has 0 unspecified atom stereocenters. The molecule has 5 nitrogen and oxygen atoms in total. The number of carboxylic acids is 1. The standard InChI is InChI=1S/C18H19NO4/c1-18(16(20)21,12-14-8-4-2-5-9-14)19-17(22)23-13-15-10-6-3-7-11-15/h2-11H,12-13H2,1H3,(H,19,22)(H,20,21)/t18-/m0/s1. The van der Waals surface area contributed by atoms with E-state index in [0.29, 0.717) is 0 Å². The number of rotatable bonds is 6. The van der Waals surface area contributed by atoms with E-state index in [0.717, 1.165) is 11.1 Å². The lowest BCUT2D eigenvalue weighted by molar-refractivity contribution is -0.143. The van der Waals surface area contributed by atoms with Gasteiger partial charge in [0.15, 0.2) is 0 Å². The van der Waals surface area contributed by atoms with Crippen molar-refractivity contribution in [2.75, 3.05) is 0 Å². The van der Waals surface area contributed by atoms with Crippen LogP contribution in [0.1, 0.15) is 18.1 Å². The fourth-order valence-corrected chi connectivity index (χ4v) is 2.16. The van der Waals surface area contributed by atoms with Gasteiger partial charge in [-0.05, 0) is 18.1 Å². The van der Waals surface area contributed by atoms with Gasteiger partial charge in [-0.1, -0.05) is 60.7 Å². The summed E-state index contributed by atoms with van der Waals surface area (Å²) in [7, 11) is 0. The molecule has 0 heterocycles. The minimum atomic E-state index is -1.44. The lowest BCUT2D eigenvalue weighted by Gasteiger charge is -2.26. The fourth-order valence-electron chi connectivity index (χ4n) is 2.16. The zero-order chi connectivity index (χ0) is 16.7. The van der Waals surface area contributed by atoms with E-state index in [1.165, 1.54) is 6.92 Å². The molecule has 0 radical (unpaired) electrons. The van der Waals surface area contributed by atoms with E-state index in [1.807, 2.05) is 60.7 Å². The second kappa shape index (κ2) is 7.45. The van der Waals surface area contributed by atoms with Gasteiger partial charge in [0.25, 0.3) is 0 Å². The number of hydrogen-bond acceptors (Lipinski definition) is 3. The molecule has 5 heteroatoms. The topological polar surface area (TPSA) is 75.6 Å². The molecule has 23 heavy (non-hydrogen) atoms. The van der Waals surface area contributed by atoms with Crippen molar-refractivity contribution in [1.82, 2.24) is 5.32 Å². The van der Waals surface area contributed by atoms with E-state index in [4.69, 9.17) is 4.74 Å². The molecule has 2 rings (SSSR count). The second-order valence-electron chi connectivity index (χ2n) is 5.49. The molecule has 1 amide bonds. The van der Waals surface area contributed by atoms with Gasteiger partial charge in [0.1, 0.15) is 12.1 Å². The molecule has 2 N–H and O–H groups in total. The molecule has 0 aliphatic rings. The second-order valence-corrected chi connectivity index (χ2v) is 5.49. The predicted octanol–water partition coefficient (Wildman–Crippen LogP) is 3.00. The molecule has 0 saturated heterocycles. The van der Waals surface area contributed by atoms with E-state index in [9.17, 15) is 14.7 Å². The summed E-state index contributed by atoms with van der Waals surface area (Å²) in [5.74, 6) is -1.11. The first-order valence-electron chi connectivity index (χ1n) is 7.26. The van der Waals surface area contributed by atoms with Gasteiger partial charge in [-0.15, -0.1) is 0 Å². The Balaban J connectivity index is 1.98. The van der Waals surface area contributed by atoms with Crippen molar-refractivity contribution in [3.63, 3.8) is 0 Å². The van der Waals surface area contributed by atoms with Gasteiger partial charge in [-0.3, -0.25) is 0 Å². The van der Waals surface area contributed by atoms with Crippen molar-refractivity contribution in [2.24, 2.45) is 0 Å². The Morgan fingerprint density at radius 1 is 1.00 bits per heavy atom. The summed E-state index contributed by atoms with van der Waals surface area (Å²) in [6.45, 7) is 1.56. The number of hydrogen-bond donors (Lipinski definition) is 2. The highest BCUT2D eigenvalue weighted by Crippen LogP contribution is 2.14. The van der Waals surface area contributed by atoms with Crippen LogP contribution in [0.5, 0.6) is 0 Å². The monoisotopic (exact) mass is 313 g/mol. The average Bonchev–Trinajstić information content (AvgIpc) is 2.54. The molecule has 0 aliphatic carbocycles. The van der Waals surface area contributed by atoms with Crippen molar-refractivity contribution >= 4 is 12.1 Å². The summed E-state index contributed by atoms with van der Waals surface area (Å²) >= 11 is 0. The molecule has 1 atom stereocenters. The van der Waals surface area contributed by atoms with Crippen LogP contribution in [0, 0.1) is 0 Å². The third kappa shape index (κ3) is 4.85. The molecule has 0 fully saturated rings. The summed E-state index contributed by atoms with van der Waals surface area (Å²) in [5, 5.41) is 11.9. The minimum absolute atomic E-state index is 0.0910. The summed E-state index contributed by atoms with van der Waals surface area (Å²) in [5.41, 5.74) is 0.221. The molecular formula is C18H19NO4. The molecular weight excluding hydrogens is 294 g/mol. The number of benzene rings is 2. The van der Waals surface area contributed by atoms with Crippen LogP contribution in [0.4, 0.5) is 4.79 Å². The number of ether oxygens (including phenoxy) is 1. The number of carbonyl (C=O) groups excluding carboxylic acids is 1. The van der Waals surface area contributed by atoms with E-state index in [1.54, 1.807) is 0 Å². The third-order valence-corrected chi connectivity index (χ3v) is 3.46. The van der Waals surface area contributed by atoms with Crippen molar-refractivity contribution in [2.45, 2.75) is 25.5 Å². The Hall–Kier alpha value is -2.82. The maximum atomic E-state index is 11.9. The summed E-state index contributed by atoms with van der Waals surface area (Å²) in [4.78, 5) is 23.5.